The summed E-state index contributed by atoms with van der Waals surface area (Å²) in [4.78, 5) is 0. The van der Waals surface area contributed by atoms with E-state index in [2.05, 4.69) is 11.8 Å². The summed E-state index contributed by atoms with van der Waals surface area (Å²) < 4.78 is 5.03. The number of anilines is 1. The molecule has 0 fully saturated rings. The first-order valence-corrected chi connectivity index (χ1v) is 4.29. The van der Waals surface area contributed by atoms with Gasteiger partial charge >= 0.3 is 0 Å². The van der Waals surface area contributed by atoms with Crippen molar-refractivity contribution in [3.8, 4) is 17.6 Å². The van der Waals surface area contributed by atoms with Crippen LogP contribution in [0.5, 0.6) is 5.75 Å². The molecule has 0 aliphatic carbocycles. The van der Waals surface area contributed by atoms with Crippen LogP contribution in [-0.2, 0) is 0 Å². The van der Waals surface area contributed by atoms with Crippen LogP contribution >= 0.6 is 11.6 Å². The molecule has 0 saturated carbocycles. The Bertz CT molecular complexity index is 352. The number of halogens is 1. The van der Waals surface area contributed by atoms with Crippen molar-refractivity contribution in [2.45, 2.75) is 0 Å². The maximum Gasteiger partial charge on any atom is 0.120 e. The molecule has 0 aromatic heterocycles. The van der Waals surface area contributed by atoms with Gasteiger partial charge in [0.2, 0.25) is 0 Å². The molecule has 0 aliphatic rings. The normalized spacial score (nSPS) is 8.77. The standard InChI is InChI=1S/C10H10ClNO/c1-13-9-4-5-10(12)8(7-9)3-2-6-11/h4-5,7H,6,12H2,1H3. The van der Waals surface area contributed by atoms with E-state index in [1.54, 1.807) is 25.3 Å². The fourth-order valence-electron chi connectivity index (χ4n) is 0.899. The van der Waals surface area contributed by atoms with Gasteiger partial charge in [-0.1, -0.05) is 11.8 Å². The molecular formula is C10H10ClNO. The Hall–Kier alpha value is -1.33. The van der Waals surface area contributed by atoms with Crippen LogP contribution in [0.25, 0.3) is 0 Å². The monoisotopic (exact) mass is 195 g/mol. The average molecular weight is 196 g/mol. The molecule has 13 heavy (non-hydrogen) atoms. The molecular weight excluding hydrogens is 186 g/mol. The van der Waals surface area contributed by atoms with Gasteiger partial charge in [0, 0.05) is 5.69 Å². The second-order valence-electron chi connectivity index (χ2n) is 2.39. The van der Waals surface area contributed by atoms with Gasteiger partial charge in [0.15, 0.2) is 0 Å². The van der Waals surface area contributed by atoms with Gasteiger partial charge in [0.25, 0.3) is 0 Å². The zero-order valence-corrected chi connectivity index (χ0v) is 8.06. The van der Waals surface area contributed by atoms with Crippen LogP contribution in [0.15, 0.2) is 18.2 Å². The third-order valence-electron chi connectivity index (χ3n) is 1.55. The van der Waals surface area contributed by atoms with Crippen LogP contribution in [0.1, 0.15) is 5.56 Å². The lowest BCUT2D eigenvalue weighted by atomic mass is 10.2. The molecule has 0 saturated heterocycles. The van der Waals surface area contributed by atoms with Gasteiger partial charge in [-0.3, -0.25) is 0 Å². The summed E-state index contributed by atoms with van der Waals surface area (Å²) in [6.45, 7) is 0. The number of nitrogens with two attached hydrogens (primary N) is 1. The Morgan fingerprint density at radius 2 is 2.31 bits per heavy atom. The Balaban J connectivity index is 3.04. The summed E-state index contributed by atoms with van der Waals surface area (Å²) in [5.74, 6) is 6.63. The molecule has 0 radical (unpaired) electrons. The molecule has 68 valence electrons. The predicted octanol–water partition coefficient (Wildman–Crippen LogP) is 1.87. The second-order valence-corrected chi connectivity index (χ2v) is 2.66. The fourth-order valence-corrected chi connectivity index (χ4v) is 0.966. The minimum absolute atomic E-state index is 0.302. The summed E-state index contributed by atoms with van der Waals surface area (Å²) in [6.07, 6.45) is 0. The topological polar surface area (TPSA) is 35.2 Å². The van der Waals surface area contributed by atoms with E-state index in [1.807, 2.05) is 0 Å². The van der Waals surface area contributed by atoms with E-state index in [0.717, 1.165) is 11.3 Å². The van der Waals surface area contributed by atoms with E-state index in [1.165, 1.54) is 0 Å². The minimum atomic E-state index is 0.302. The lowest BCUT2D eigenvalue weighted by molar-refractivity contribution is 0.415. The van der Waals surface area contributed by atoms with E-state index in [4.69, 9.17) is 22.1 Å². The Morgan fingerprint density at radius 1 is 1.54 bits per heavy atom. The fraction of sp³-hybridized carbons (Fsp3) is 0.200. The number of ether oxygens (including phenoxy) is 1. The van der Waals surface area contributed by atoms with E-state index in [-0.39, 0.29) is 0 Å². The number of hydrogen-bond acceptors (Lipinski definition) is 2. The maximum absolute atomic E-state index is 5.68. The van der Waals surface area contributed by atoms with Gasteiger partial charge in [-0.15, -0.1) is 11.6 Å². The first-order valence-electron chi connectivity index (χ1n) is 3.76. The lowest BCUT2D eigenvalue weighted by Gasteiger charge is -2.02. The summed E-state index contributed by atoms with van der Waals surface area (Å²) in [6, 6.07) is 5.34. The van der Waals surface area contributed by atoms with E-state index in [9.17, 15) is 0 Å². The number of methoxy groups -OCH3 is 1. The molecule has 0 amide bonds. The molecule has 0 unspecified atom stereocenters. The molecule has 0 spiro atoms. The van der Waals surface area contributed by atoms with Crippen molar-refractivity contribution in [2.24, 2.45) is 0 Å². The molecule has 0 atom stereocenters. The maximum atomic E-state index is 5.68. The number of rotatable bonds is 1. The Kier molecular flexibility index (Phi) is 3.48. The zero-order valence-electron chi connectivity index (χ0n) is 7.30. The summed E-state index contributed by atoms with van der Waals surface area (Å²) in [7, 11) is 1.60. The highest BCUT2D eigenvalue weighted by molar-refractivity contribution is 6.19. The number of alkyl halides is 1. The Labute approximate surface area is 82.6 Å². The van der Waals surface area contributed by atoms with E-state index in [0.29, 0.717) is 11.6 Å². The van der Waals surface area contributed by atoms with Crippen LogP contribution in [0, 0.1) is 11.8 Å². The van der Waals surface area contributed by atoms with Crippen molar-refractivity contribution < 1.29 is 4.74 Å². The van der Waals surface area contributed by atoms with Crippen LogP contribution in [0.3, 0.4) is 0 Å². The molecule has 1 aromatic carbocycles. The van der Waals surface area contributed by atoms with Gasteiger partial charge in [-0.25, -0.2) is 0 Å². The SMILES string of the molecule is COc1ccc(N)c(C#CCCl)c1. The van der Waals surface area contributed by atoms with E-state index < -0.39 is 0 Å². The third-order valence-corrected chi connectivity index (χ3v) is 1.68. The minimum Gasteiger partial charge on any atom is -0.497 e. The molecule has 0 bridgehead atoms. The molecule has 0 aliphatic heterocycles. The van der Waals surface area contributed by atoms with Crippen LogP contribution < -0.4 is 10.5 Å². The van der Waals surface area contributed by atoms with Crippen molar-refractivity contribution >= 4 is 17.3 Å². The second kappa shape index (κ2) is 4.64. The number of nitrogen functional groups attached to an aromatic ring is 1. The first-order chi connectivity index (χ1) is 6.27. The predicted molar refractivity (Wildman–Crippen MR) is 55.0 cm³/mol. The van der Waals surface area contributed by atoms with Crippen LogP contribution in [-0.4, -0.2) is 13.0 Å². The third kappa shape index (κ3) is 2.57. The van der Waals surface area contributed by atoms with Gasteiger partial charge in [-0.05, 0) is 18.2 Å². The summed E-state index contributed by atoms with van der Waals surface area (Å²) >= 11 is 5.43. The molecule has 1 aromatic rings. The Morgan fingerprint density at radius 3 is 2.92 bits per heavy atom. The highest BCUT2D eigenvalue weighted by Crippen LogP contribution is 2.18. The van der Waals surface area contributed by atoms with Crippen molar-refractivity contribution in [1.82, 2.24) is 0 Å². The lowest BCUT2D eigenvalue weighted by Crippen LogP contribution is -1.91. The highest BCUT2D eigenvalue weighted by Gasteiger charge is 1.97. The smallest absolute Gasteiger partial charge is 0.120 e. The summed E-state index contributed by atoms with van der Waals surface area (Å²) in [5, 5.41) is 0. The van der Waals surface area contributed by atoms with Gasteiger partial charge in [0.1, 0.15) is 5.75 Å². The van der Waals surface area contributed by atoms with Gasteiger partial charge in [0.05, 0.1) is 18.6 Å². The van der Waals surface area contributed by atoms with Crippen molar-refractivity contribution in [2.75, 3.05) is 18.7 Å². The van der Waals surface area contributed by atoms with Gasteiger partial charge < -0.3 is 10.5 Å². The van der Waals surface area contributed by atoms with Crippen molar-refractivity contribution in [3.05, 3.63) is 23.8 Å². The average Bonchev–Trinajstić information content (AvgIpc) is 2.17. The molecule has 0 heterocycles. The molecule has 3 heteroatoms. The van der Waals surface area contributed by atoms with Crippen LogP contribution in [0.2, 0.25) is 0 Å². The number of benzene rings is 1. The number of hydrogen-bond donors (Lipinski definition) is 1. The molecule has 2 nitrogen and oxygen atoms in total. The zero-order chi connectivity index (χ0) is 9.68. The van der Waals surface area contributed by atoms with E-state index >= 15 is 0 Å². The molecule has 1 rings (SSSR count). The van der Waals surface area contributed by atoms with Crippen LogP contribution in [0.4, 0.5) is 5.69 Å². The largest absolute Gasteiger partial charge is 0.497 e. The summed E-state index contributed by atoms with van der Waals surface area (Å²) in [5.41, 5.74) is 7.07. The highest BCUT2D eigenvalue weighted by atomic mass is 35.5. The van der Waals surface area contributed by atoms with Crippen molar-refractivity contribution in [1.29, 1.82) is 0 Å². The van der Waals surface area contributed by atoms with Crippen molar-refractivity contribution in [3.63, 3.8) is 0 Å². The van der Waals surface area contributed by atoms with Gasteiger partial charge in [-0.2, -0.15) is 0 Å². The first kappa shape index (κ1) is 9.76. The molecule has 2 N–H and O–H groups in total. The quantitative estimate of drug-likeness (QED) is 0.422.